The van der Waals surface area contributed by atoms with Gasteiger partial charge in [-0.1, -0.05) is 52.1 Å². The van der Waals surface area contributed by atoms with Gasteiger partial charge in [-0.15, -0.1) is 0 Å². The summed E-state index contributed by atoms with van der Waals surface area (Å²) in [6.07, 6.45) is 0.664. The van der Waals surface area contributed by atoms with Crippen LogP contribution in [0.1, 0.15) is 20.8 Å². The Morgan fingerprint density at radius 3 is 1.73 bits per heavy atom. The van der Waals surface area contributed by atoms with Crippen LogP contribution in [-0.2, 0) is 13.3 Å². The van der Waals surface area contributed by atoms with Gasteiger partial charge in [0.25, 0.3) is 0 Å². The van der Waals surface area contributed by atoms with E-state index in [1.54, 1.807) is 21.3 Å². The van der Waals surface area contributed by atoms with E-state index in [-0.39, 0.29) is 5.04 Å². The monoisotopic (exact) mass is 341 g/mol. The third-order valence-electron chi connectivity index (χ3n) is 4.86. The van der Waals surface area contributed by atoms with Crippen molar-refractivity contribution in [2.45, 2.75) is 38.9 Å². The van der Waals surface area contributed by atoms with E-state index < -0.39 is 17.0 Å². The lowest BCUT2D eigenvalue weighted by molar-refractivity contribution is 0.125. The summed E-state index contributed by atoms with van der Waals surface area (Å²) in [5.41, 5.74) is 1.21. The lowest BCUT2D eigenvalue weighted by Crippen LogP contribution is -2.63. The second-order valence-corrected chi connectivity index (χ2v) is 15.1. The number of benzene rings is 1. The second-order valence-electron chi connectivity index (χ2n) is 7.03. The summed E-state index contributed by atoms with van der Waals surface area (Å²) in [4.78, 5) is 0. The molecule has 1 aromatic rings. The minimum atomic E-state index is -2.69. The summed E-state index contributed by atoms with van der Waals surface area (Å²) in [6.45, 7) is 11.7. The minimum absolute atomic E-state index is 0.207. The molecule has 1 rings (SSSR count). The summed E-state index contributed by atoms with van der Waals surface area (Å²) >= 11 is 0. The molecule has 0 amide bonds. The minimum Gasteiger partial charge on any atom is -0.393 e. The summed E-state index contributed by atoms with van der Waals surface area (Å²) in [7, 11) is 0.527. The molecule has 1 aromatic carbocycles. The fourth-order valence-electron chi connectivity index (χ4n) is 2.26. The summed E-state index contributed by atoms with van der Waals surface area (Å²) in [5.74, 6) is 0. The number of anilines is 1. The molecular weight excluding hydrogens is 310 g/mol. The molecule has 0 saturated heterocycles. The van der Waals surface area contributed by atoms with Crippen molar-refractivity contribution in [1.82, 2.24) is 0 Å². The largest absolute Gasteiger partial charge is 0.519 e. The Morgan fingerprint density at radius 1 is 0.909 bits per heavy atom. The van der Waals surface area contributed by atoms with Crippen LogP contribution < -0.4 is 4.57 Å². The van der Waals surface area contributed by atoms with Gasteiger partial charge in [-0.3, -0.25) is 0 Å². The molecule has 0 atom stereocenters. The van der Waals surface area contributed by atoms with Crippen molar-refractivity contribution in [3.8, 4) is 0 Å². The van der Waals surface area contributed by atoms with Crippen molar-refractivity contribution in [2.75, 3.05) is 32.1 Å². The molecule has 0 aromatic heterocycles. The Balaban J connectivity index is 3.30. The SMILES string of the molecule is CO[Si](CN(c1ccccc1)[Si](C)(C)C(C)(C)C)(OC)OC. The molecule has 0 N–H and O–H groups in total. The first kappa shape index (κ1) is 19.4. The summed E-state index contributed by atoms with van der Waals surface area (Å²) < 4.78 is 19.5. The highest BCUT2D eigenvalue weighted by Crippen LogP contribution is 2.41. The van der Waals surface area contributed by atoms with Crippen LogP contribution in [0.25, 0.3) is 0 Å². The molecule has 0 aliphatic rings. The average Bonchev–Trinajstić information content (AvgIpc) is 2.49. The predicted octanol–water partition coefficient (Wildman–Crippen LogP) is 3.92. The molecule has 0 fully saturated rings. The molecule has 4 nitrogen and oxygen atoms in total. The molecule has 0 bridgehead atoms. The van der Waals surface area contributed by atoms with Gasteiger partial charge < -0.3 is 17.8 Å². The topological polar surface area (TPSA) is 30.9 Å². The van der Waals surface area contributed by atoms with Crippen LogP contribution in [0, 0.1) is 0 Å². The quantitative estimate of drug-likeness (QED) is 0.704. The highest BCUT2D eigenvalue weighted by molar-refractivity contribution is 6.85. The van der Waals surface area contributed by atoms with Crippen molar-refractivity contribution in [1.29, 1.82) is 0 Å². The molecule has 0 unspecified atom stereocenters. The van der Waals surface area contributed by atoms with E-state index in [1.165, 1.54) is 5.69 Å². The van der Waals surface area contributed by atoms with E-state index >= 15 is 0 Å². The molecule has 0 radical (unpaired) electrons. The fourth-order valence-corrected chi connectivity index (χ4v) is 7.49. The zero-order chi connectivity index (χ0) is 17.0. The molecule has 0 aliphatic heterocycles. The number of para-hydroxylation sites is 1. The van der Waals surface area contributed by atoms with Gasteiger partial charge >= 0.3 is 8.80 Å². The van der Waals surface area contributed by atoms with E-state index in [1.807, 2.05) is 6.07 Å². The second kappa shape index (κ2) is 7.27. The van der Waals surface area contributed by atoms with E-state index in [0.29, 0.717) is 6.17 Å². The van der Waals surface area contributed by atoms with Crippen LogP contribution in [0.15, 0.2) is 30.3 Å². The van der Waals surface area contributed by atoms with Gasteiger partial charge in [-0.2, -0.15) is 0 Å². The van der Waals surface area contributed by atoms with Crippen LogP contribution in [0.3, 0.4) is 0 Å². The molecule has 6 heteroatoms. The van der Waals surface area contributed by atoms with Gasteiger partial charge in [0.2, 0.25) is 0 Å². The van der Waals surface area contributed by atoms with Gasteiger partial charge in [0.05, 0.1) is 6.17 Å². The van der Waals surface area contributed by atoms with Crippen molar-refractivity contribution in [2.24, 2.45) is 0 Å². The van der Waals surface area contributed by atoms with Crippen LogP contribution in [0.5, 0.6) is 0 Å². The van der Waals surface area contributed by atoms with Crippen LogP contribution in [0.4, 0.5) is 5.69 Å². The van der Waals surface area contributed by atoms with E-state index in [9.17, 15) is 0 Å². The molecule has 0 heterocycles. The van der Waals surface area contributed by atoms with Crippen molar-refractivity contribution in [3.63, 3.8) is 0 Å². The molecule has 0 aliphatic carbocycles. The van der Waals surface area contributed by atoms with Crippen LogP contribution in [-0.4, -0.2) is 44.5 Å². The third kappa shape index (κ3) is 3.99. The number of hydrogen-bond donors (Lipinski definition) is 0. The molecular formula is C16H31NO3Si2. The maximum atomic E-state index is 5.67. The lowest BCUT2D eigenvalue weighted by atomic mass is 10.2. The van der Waals surface area contributed by atoms with E-state index in [0.717, 1.165) is 0 Å². The highest BCUT2D eigenvalue weighted by Gasteiger charge is 2.48. The van der Waals surface area contributed by atoms with Gasteiger partial charge in [0.1, 0.15) is 0 Å². The fraction of sp³-hybridized carbons (Fsp3) is 0.625. The average molecular weight is 342 g/mol. The lowest BCUT2D eigenvalue weighted by Gasteiger charge is -2.48. The maximum absolute atomic E-state index is 5.67. The Bertz CT molecular complexity index is 448. The predicted molar refractivity (Wildman–Crippen MR) is 97.8 cm³/mol. The molecule has 22 heavy (non-hydrogen) atoms. The first-order chi connectivity index (χ1) is 10.1. The Kier molecular flexibility index (Phi) is 6.40. The number of rotatable bonds is 7. The maximum Gasteiger partial charge on any atom is 0.519 e. The van der Waals surface area contributed by atoms with Gasteiger partial charge in [0.15, 0.2) is 8.24 Å². The van der Waals surface area contributed by atoms with Crippen molar-refractivity contribution in [3.05, 3.63) is 30.3 Å². The van der Waals surface area contributed by atoms with Gasteiger partial charge in [-0.25, -0.2) is 0 Å². The summed E-state index contributed by atoms with van der Waals surface area (Å²) in [6, 6.07) is 10.5. The summed E-state index contributed by atoms with van der Waals surface area (Å²) in [5, 5.41) is 0.207. The van der Waals surface area contributed by atoms with Gasteiger partial charge in [0, 0.05) is 27.0 Å². The van der Waals surface area contributed by atoms with Crippen LogP contribution in [0.2, 0.25) is 18.1 Å². The van der Waals surface area contributed by atoms with Crippen molar-refractivity contribution >= 4 is 22.7 Å². The molecule has 126 valence electrons. The normalized spacial score (nSPS) is 13.3. The standard InChI is InChI=1S/C16H31NO3Si2/c1-16(2,3)21(7,8)17(15-12-10-9-11-13-15)14-22(18-4,19-5)20-6/h9-13H,14H2,1-8H3. The number of hydrogen-bond acceptors (Lipinski definition) is 4. The Labute approximate surface area is 137 Å². The number of nitrogens with zero attached hydrogens (tertiary/aromatic N) is 1. The smallest absolute Gasteiger partial charge is 0.393 e. The zero-order valence-corrected chi connectivity index (χ0v) is 17.3. The zero-order valence-electron chi connectivity index (χ0n) is 15.3. The highest BCUT2D eigenvalue weighted by atomic mass is 28.4. The first-order valence-corrected chi connectivity index (χ1v) is 12.5. The Hall–Kier alpha value is -0.666. The molecule has 0 saturated carbocycles. The van der Waals surface area contributed by atoms with Crippen molar-refractivity contribution < 1.29 is 13.3 Å². The molecule has 0 spiro atoms. The Morgan fingerprint density at radius 2 is 1.36 bits per heavy atom. The third-order valence-corrected chi connectivity index (χ3v) is 13.2. The van der Waals surface area contributed by atoms with E-state index in [2.05, 4.69) is 62.7 Å². The first-order valence-electron chi connectivity index (χ1n) is 7.61. The van der Waals surface area contributed by atoms with E-state index in [4.69, 9.17) is 13.3 Å². The van der Waals surface area contributed by atoms with Gasteiger partial charge in [-0.05, 0) is 17.2 Å². The van der Waals surface area contributed by atoms with Crippen LogP contribution >= 0.6 is 0 Å².